The fourth-order valence-corrected chi connectivity index (χ4v) is 3.06. The summed E-state index contributed by atoms with van der Waals surface area (Å²) in [6, 6.07) is 4.45. The molecule has 1 fully saturated rings. The van der Waals surface area contributed by atoms with Crippen LogP contribution in [0, 0.1) is 5.82 Å². The van der Waals surface area contributed by atoms with Crippen molar-refractivity contribution in [2.45, 2.75) is 25.4 Å². The second-order valence-electron chi connectivity index (χ2n) is 5.81. The minimum absolute atomic E-state index is 0.0204. The van der Waals surface area contributed by atoms with E-state index in [4.69, 9.17) is 0 Å². The van der Waals surface area contributed by atoms with Crippen molar-refractivity contribution in [3.8, 4) is 0 Å². The van der Waals surface area contributed by atoms with E-state index in [1.54, 1.807) is 15.6 Å². The average molecular weight is 330 g/mol. The molecule has 9 nitrogen and oxygen atoms in total. The summed E-state index contributed by atoms with van der Waals surface area (Å²) in [5.74, 6) is -0.376. The van der Waals surface area contributed by atoms with Gasteiger partial charge in [-0.05, 0) is 35.4 Å². The number of carbonyl (C=O) groups is 1. The van der Waals surface area contributed by atoms with E-state index in [0.29, 0.717) is 18.6 Å². The molecule has 10 heteroatoms. The summed E-state index contributed by atoms with van der Waals surface area (Å²) in [5.41, 5.74) is 1.29. The summed E-state index contributed by atoms with van der Waals surface area (Å²) in [6.45, 7) is 1.35. The Labute approximate surface area is 136 Å². The fraction of sp³-hybridized carbons (Fsp3) is 0.429. The van der Waals surface area contributed by atoms with Gasteiger partial charge in [0.1, 0.15) is 24.2 Å². The Balaban J connectivity index is 1.52. The quantitative estimate of drug-likeness (QED) is 0.691. The molecule has 1 amide bonds. The largest absolute Gasteiger partial charge is 0.339 e. The molecule has 1 aliphatic rings. The standard InChI is InChI=1S/C14H15FN8O/c15-10-3-4-13-12(6-10)17-19-23(13)11-2-1-5-21(7-11)14(24)8-22-9-16-18-20-22/h3-4,6,9,11H,1-2,5,7-8H2/t11-/m1/s1. The van der Waals surface area contributed by atoms with Crippen LogP contribution in [0.2, 0.25) is 0 Å². The number of tetrazole rings is 1. The number of fused-ring (bicyclic) bond motifs is 1. The van der Waals surface area contributed by atoms with E-state index in [1.165, 1.54) is 23.1 Å². The van der Waals surface area contributed by atoms with Crippen LogP contribution in [-0.4, -0.2) is 59.1 Å². The molecule has 0 aliphatic carbocycles. The normalized spacial score (nSPS) is 18.2. The minimum Gasteiger partial charge on any atom is -0.339 e. The van der Waals surface area contributed by atoms with Gasteiger partial charge in [-0.15, -0.1) is 10.2 Å². The zero-order chi connectivity index (χ0) is 16.5. The number of piperidine rings is 1. The molecule has 0 saturated carbocycles. The number of hydrogen-bond donors (Lipinski definition) is 0. The Kier molecular flexibility index (Phi) is 3.63. The Morgan fingerprint density at radius 1 is 1.33 bits per heavy atom. The molecule has 1 atom stereocenters. The van der Waals surface area contributed by atoms with Gasteiger partial charge in [-0.25, -0.2) is 13.8 Å². The summed E-state index contributed by atoms with van der Waals surface area (Å²) in [5, 5.41) is 18.9. The summed E-state index contributed by atoms with van der Waals surface area (Å²) >= 11 is 0. The molecule has 124 valence electrons. The lowest BCUT2D eigenvalue weighted by Gasteiger charge is -2.32. The zero-order valence-electron chi connectivity index (χ0n) is 12.8. The van der Waals surface area contributed by atoms with Gasteiger partial charge in [0.25, 0.3) is 0 Å². The van der Waals surface area contributed by atoms with Gasteiger partial charge in [0.05, 0.1) is 11.6 Å². The number of carbonyl (C=O) groups excluding carboxylic acids is 1. The first-order valence-corrected chi connectivity index (χ1v) is 7.70. The third kappa shape index (κ3) is 2.70. The van der Waals surface area contributed by atoms with Gasteiger partial charge >= 0.3 is 0 Å². The molecule has 1 aromatic carbocycles. The maximum Gasteiger partial charge on any atom is 0.244 e. The van der Waals surface area contributed by atoms with Crippen LogP contribution in [0.5, 0.6) is 0 Å². The summed E-state index contributed by atoms with van der Waals surface area (Å²) in [7, 11) is 0. The predicted molar refractivity (Wildman–Crippen MR) is 80.2 cm³/mol. The lowest BCUT2D eigenvalue weighted by atomic mass is 10.1. The lowest BCUT2D eigenvalue weighted by Crippen LogP contribution is -2.42. The molecule has 24 heavy (non-hydrogen) atoms. The number of amides is 1. The SMILES string of the molecule is O=C(Cn1cnnn1)N1CCC[C@@H](n2nnc3cc(F)ccc32)C1. The topological polar surface area (TPSA) is 94.6 Å². The summed E-state index contributed by atoms with van der Waals surface area (Å²) < 4.78 is 16.5. The van der Waals surface area contributed by atoms with Crippen LogP contribution in [0.3, 0.4) is 0 Å². The molecule has 0 N–H and O–H groups in total. The van der Waals surface area contributed by atoms with E-state index in [-0.39, 0.29) is 24.3 Å². The molecule has 1 saturated heterocycles. The number of rotatable bonds is 3. The fourth-order valence-electron chi connectivity index (χ4n) is 3.06. The van der Waals surface area contributed by atoms with Gasteiger partial charge in [-0.2, -0.15) is 0 Å². The van der Waals surface area contributed by atoms with E-state index < -0.39 is 0 Å². The van der Waals surface area contributed by atoms with Crippen LogP contribution < -0.4 is 0 Å². The van der Waals surface area contributed by atoms with E-state index in [0.717, 1.165) is 18.4 Å². The monoisotopic (exact) mass is 330 g/mol. The zero-order valence-corrected chi connectivity index (χ0v) is 12.8. The van der Waals surface area contributed by atoms with Gasteiger partial charge < -0.3 is 4.90 Å². The molecular weight excluding hydrogens is 315 g/mol. The molecule has 3 aromatic rings. The van der Waals surface area contributed by atoms with E-state index >= 15 is 0 Å². The summed E-state index contributed by atoms with van der Waals surface area (Å²) in [4.78, 5) is 14.2. The highest BCUT2D eigenvalue weighted by Gasteiger charge is 2.26. The smallest absolute Gasteiger partial charge is 0.244 e. The van der Waals surface area contributed by atoms with E-state index in [9.17, 15) is 9.18 Å². The van der Waals surface area contributed by atoms with E-state index in [1.807, 2.05) is 0 Å². The second-order valence-corrected chi connectivity index (χ2v) is 5.81. The van der Waals surface area contributed by atoms with Gasteiger partial charge in [-0.3, -0.25) is 4.79 Å². The molecule has 2 aromatic heterocycles. The van der Waals surface area contributed by atoms with Crippen molar-refractivity contribution in [3.05, 3.63) is 30.3 Å². The van der Waals surface area contributed by atoms with Crippen molar-refractivity contribution < 1.29 is 9.18 Å². The van der Waals surface area contributed by atoms with E-state index in [2.05, 4.69) is 25.8 Å². The van der Waals surface area contributed by atoms with Gasteiger partial charge in [0.2, 0.25) is 5.91 Å². The maximum absolute atomic E-state index is 13.3. The number of aromatic nitrogens is 7. The van der Waals surface area contributed by atoms with Crippen molar-refractivity contribution in [3.63, 3.8) is 0 Å². The van der Waals surface area contributed by atoms with Gasteiger partial charge in [0, 0.05) is 19.2 Å². The highest BCUT2D eigenvalue weighted by atomic mass is 19.1. The molecule has 0 bridgehead atoms. The molecular formula is C14H15FN8O. The maximum atomic E-state index is 13.3. The Morgan fingerprint density at radius 2 is 2.25 bits per heavy atom. The van der Waals surface area contributed by atoms with Crippen LogP contribution in [0.1, 0.15) is 18.9 Å². The number of benzene rings is 1. The van der Waals surface area contributed by atoms with Crippen molar-refractivity contribution in [1.29, 1.82) is 0 Å². The lowest BCUT2D eigenvalue weighted by molar-refractivity contribution is -0.133. The van der Waals surface area contributed by atoms with Crippen molar-refractivity contribution in [1.82, 2.24) is 40.1 Å². The first kappa shape index (κ1) is 14.7. The highest BCUT2D eigenvalue weighted by Crippen LogP contribution is 2.25. The highest BCUT2D eigenvalue weighted by molar-refractivity contribution is 5.76. The molecule has 0 radical (unpaired) electrons. The number of likely N-dealkylation sites (tertiary alicyclic amines) is 1. The van der Waals surface area contributed by atoms with Crippen molar-refractivity contribution >= 4 is 16.9 Å². The van der Waals surface area contributed by atoms with Crippen molar-refractivity contribution in [2.75, 3.05) is 13.1 Å². The molecule has 0 spiro atoms. The molecule has 0 unspecified atom stereocenters. The Hall–Kier alpha value is -2.91. The van der Waals surface area contributed by atoms with Gasteiger partial charge in [-0.1, -0.05) is 5.21 Å². The third-order valence-corrected chi connectivity index (χ3v) is 4.22. The van der Waals surface area contributed by atoms with Crippen LogP contribution >= 0.6 is 0 Å². The number of nitrogens with zero attached hydrogens (tertiary/aromatic N) is 8. The van der Waals surface area contributed by atoms with Gasteiger partial charge in [0.15, 0.2) is 0 Å². The molecule has 3 heterocycles. The van der Waals surface area contributed by atoms with Crippen LogP contribution in [0.4, 0.5) is 4.39 Å². The van der Waals surface area contributed by atoms with Crippen molar-refractivity contribution in [2.24, 2.45) is 0 Å². The Morgan fingerprint density at radius 3 is 3.08 bits per heavy atom. The number of halogens is 1. The van der Waals surface area contributed by atoms with Crippen LogP contribution in [0.25, 0.3) is 11.0 Å². The first-order valence-electron chi connectivity index (χ1n) is 7.70. The molecule has 4 rings (SSSR count). The predicted octanol–water partition coefficient (Wildman–Crippen LogP) is 0.421. The Bertz CT molecular complexity index is 861. The number of hydrogen-bond acceptors (Lipinski definition) is 6. The minimum atomic E-state index is -0.337. The second kappa shape index (κ2) is 5.95. The first-order chi connectivity index (χ1) is 11.7. The average Bonchev–Trinajstić information content (AvgIpc) is 3.24. The van der Waals surface area contributed by atoms with Crippen LogP contribution in [-0.2, 0) is 11.3 Å². The molecule has 1 aliphatic heterocycles. The summed E-state index contributed by atoms with van der Waals surface area (Å²) in [6.07, 6.45) is 3.18. The third-order valence-electron chi connectivity index (χ3n) is 4.22. The van der Waals surface area contributed by atoms with Crippen LogP contribution in [0.15, 0.2) is 24.5 Å².